The molecule has 33 heavy (non-hydrogen) atoms. The Morgan fingerprint density at radius 2 is 2.03 bits per heavy atom. The normalized spacial score (nSPS) is 26.6. The molecule has 2 fully saturated rings. The summed E-state index contributed by atoms with van der Waals surface area (Å²) in [6.07, 6.45) is 11.3. The molecule has 0 bridgehead atoms. The Kier molecular flexibility index (Phi) is 6.22. The number of fused-ring (bicyclic) bond motifs is 3. The van der Waals surface area contributed by atoms with Crippen LogP contribution in [-0.4, -0.2) is 35.1 Å². The molecule has 4 aliphatic rings. The van der Waals surface area contributed by atoms with Gasteiger partial charge in [0.25, 0.3) is 0 Å². The third kappa shape index (κ3) is 4.30. The number of hydrogen-bond donors (Lipinski definition) is 0. The van der Waals surface area contributed by atoms with Crippen molar-refractivity contribution in [1.29, 1.82) is 0 Å². The molecule has 5 nitrogen and oxygen atoms in total. The van der Waals surface area contributed by atoms with Crippen molar-refractivity contribution in [1.82, 2.24) is 4.90 Å². The first kappa shape index (κ1) is 22.1. The molecular weight excluding hydrogens is 412 g/mol. The van der Waals surface area contributed by atoms with Crippen molar-refractivity contribution in [2.24, 2.45) is 10.4 Å². The summed E-state index contributed by atoms with van der Waals surface area (Å²) in [5.41, 5.74) is 5.70. The molecule has 1 aromatic rings. The van der Waals surface area contributed by atoms with E-state index < -0.39 is 0 Å². The van der Waals surface area contributed by atoms with Gasteiger partial charge in [0, 0.05) is 36.2 Å². The highest BCUT2D eigenvalue weighted by atomic mass is 16.6. The van der Waals surface area contributed by atoms with Gasteiger partial charge in [-0.05, 0) is 61.7 Å². The van der Waals surface area contributed by atoms with Crippen LogP contribution >= 0.6 is 0 Å². The number of unbranched alkanes of at least 4 members (excludes halogenated alkanes) is 1. The lowest BCUT2D eigenvalue weighted by Crippen LogP contribution is -2.51. The van der Waals surface area contributed by atoms with Crippen molar-refractivity contribution in [3.63, 3.8) is 0 Å². The number of piperidine rings is 1. The van der Waals surface area contributed by atoms with Crippen molar-refractivity contribution in [3.8, 4) is 0 Å². The minimum Gasteiger partial charge on any atom is -0.445 e. The van der Waals surface area contributed by atoms with E-state index >= 15 is 0 Å². The number of benzene rings is 1. The van der Waals surface area contributed by atoms with Crippen LogP contribution in [0.25, 0.3) is 0 Å². The minimum atomic E-state index is -0.230. The van der Waals surface area contributed by atoms with Gasteiger partial charge in [-0.2, -0.15) is 0 Å². The maximum atomic E-state index is 13.1. The van der Waals surface area contributed by atoms with Gasteiger partial charge in [-0.1, -0.05) is 50.1 Å². The minimum absolute atomic E-state index is 0.0925. The summed E-state index contributed by atoms with van der Waals surface area (Å²) < 4.78 is 5.72. The number of rotatable bonds is 5. The average molecular weight is 447 g/mol. The highest BCUT2D eigenvalue weighted by molar-refractivity contribution is 6.08. The Bertz CT molecular complexity index is 1020. The SMILES string of the molecule is CCCCC1CC2(CCN1C(=O)OCc1ccccc1)CC(=O)C=C1N=C3CCCCC3=C12. The van der Waals surface area contributed by atoms with Gasteiger partial charge >= 0.3 is 6.09 Å². The molecule has 5 heteroatoms. The zero-order valence-electron chi connectivity index (χ0n) is 19.6. The quantitative estimate of drug-likeness (QED) is 0.545. The van der Waals surface area contributed by atoms with Gasteiger partial charge in [0.2, 0.25) is 0 Å². The lowest BCUT2D eigenvalue weighted by atomic mass is 9.62. The number of nitrogens with zero attached hydrogens (tertiary/aromatic N) is 2. The monoisotopic (exact) mass is 446 g/mol. The number of allylic oxidation sites excluding steroid dienone is 3. The van der Waals surface area contributed by atoms with Gasteiger partial charge in [0.05, 0.1) is 5.70 Å². The molecule has 1 saturated heterocycles. The number of carbonyl (C=O) groups is 2. The molecule has 2 aliphatic carbocycles. The summed E-state index contributed by atoms with van der Waals surface area (Å²) in [5, 5.41) is 0. The Morgan fingerprint density at radius 1 is 1.21 bits per heavy atom. The highest BCUT2D eigenvalue weighted by Gasteiger charge is 2.50. The number of likely N-dealkylation sites (tertiary alicyclic amines) is 1. The van der Waals surface area contributed by atoms with E-state index in [9.17, 15) is 9.59 Å². The Morgan fingerprint density at radius 3 is 2.85 bits per heavy atom. The lowest BCUT2D eigenvalue weighted by Gasteiger charge is -2.48. The second kappa shape index (κ2) is 9.28. The molecule has 1 aromatic carbocycles. The summed E-state index contributed by atoms with van der Waals surface area (Å²) in [4.78, 5) is 32.8. The summed E-state index contributed by atoms with van der Waals surface area (Å²) >= 11 is 0. The topological polar surface area (TPSA) is 59.0 Å². The molecule has 2 atom stereocenters. The van der Waals surface area contributed by atoms with Crippen molar-refractivity contribution in [2.75, 3.05) is 6.54 Å². The number of hydrogen-bond acceptors (Lipinski definition) is 4. The predicted molar refractivity (Wildman–Crippen MR) is 129 cm³/mol. The number of ketones is 1. The van der Waals surface area contributed by atoms with Gasteiger partial charge in [0.15, 0.2) is 5.78 Å². The molecule has 2 heterocycles. The third-order valence-corrected chi connectivity index (χ3v) is 7.82. The van der Waals surface area contributed by atoms with E-state index in [-0.39, 0.29) is 23.3 Å². The smallest absolute Gasteiger partial charge is 0.410 e. The van der Waals surface area contributed by atoms with Crippen LogP contribution in [0.3, 0.4) is 0 Å². The maximum Gasteiger partial charge on any atom is 0.410 e. The van der Waals surface area contributed by atoms with Gasteiger partial charge in [-0.3, -0.25) is 9.79 Å². The number of aliphatic imine (C=N–C) groups is 1. The summed E-state index contributed by atoms with van der Waals surface area (Å²) in [6.45, 7) is 3.11. The van der Waals surface area contributed by atoms with Crippen molar-refractivity contribution in [3.05, 3.63) is 58.8 Å². The fraction of sp³-hybridized carbons (Fsp3) is 0.536. The van der Waals surface area contributed by atoms with Gasteiger partial charge < -0.3 is 9.64 Å². The molecule has 174 valence electrons. The fourth-order valence-corrected chi connectivity index (χ4v) is 6.27. The first-order valence-corrected chi connectivity index (χ1v) is 12.6. The fourth-order valence-electron chi connectivity index (χ4n) is 6.27. The van der Waals surface area contributed by atoms with Crippen molar-refractivity contribution >= 4 is 17.6 Å². The third-order valence-electron chi connectivity index (χ3n) is 7.82. The molecule has 0 N–H and O–H groups in total. The molecule has 5 rings (SSSR count). The standard InChI is InChI=1S/C28H34N2O3/c1-2-3-11-21-17-28(14-15-30(21)27(32)33-19-20-9-5-4-6-10-20)18-22(31)16-25-26(28)23-12-7-8-13-24(23)29-25/h4-6,9-10,16,21H,2-3,7-8,11-15,17-19H2,1H3. The van der Waals surface area contributed by atoms with E-state index in [0.29, 0.717) is 19.6 Å². The largest absolute Gasteiger partial charge is 0.445 e. The molecule has 2 unspecified atom stereocenters. The number of amides is 1. The van der Waals surface area contributed by atoms with Crippen LogP contribution in [0.5, 0.6) is 0 Å². The van der Waals surface area contributed by atoms with Gasteiger partial charge in [-0.25, -0.2) is 4.79 Å². The van der Waals surface area contributed by atoms with E-state index in [1.165, 1.54) is 29.7 Å². The summed E-state index contributed by atoms with van der Waals surface area (Å²) in [6, 6.07) is 9.93. The number of ether oxygens (including phenoxy) is 1. The van der Waals surface area contributed by atoms with Gasteiger partial charge in [-0.15, -0.1) is 0 Å². The molecule has 1 amide bonds. The van der Waals surface area contributed by atoms with E-state index in [1.807, 2.05) is 35.2 Å². The predicted octanol–water partition coefficient (Wildman–Crippen LogP) is 6.15. The molecule has 1 saturated carbocycles. The van der Waals surface area contributed by atoms with Crippen LogP contribution in [0.1, 0.15) is 76.7 Å². The Balaban J connectivity index is 1.39. The lowest BCUT2D eigenvalue weighted by molar-refractivity contribution is -0.117. The van der Waals surface area contributed by atoms with Crippen molar-refractivity contribution < 1.29 is 14.3 Å². The second-order valence-corrected chi connectivity index (χ2v) is 10.1. The van der Waals surface area contributed by atoms with E-state index in [1.54, 1.807) is 6.08 Å². The molecule has 0 aromatic heterocycles. The van der Waals surface area contributed by atoms with Crippen LogP contribution in [0.15, 0.2) is 58.2 Å². The van der Waals surface area contributed by atoms with Crippen LogP contribution < -0.4 is 0 Å². The Labute approximate surface area is 196 Å². The molecule has 1 spiro atoms. The number of carbonyl (C=O) groups excluding carboxylic acids is 2. The van der Waals surface area contributed by atoms with Crippen molar-refractivity contribution in [2.45, 2.75) is 83.8 Å². The average Bonchev–Trinajstić information content (AvgIpc) is 3.21. The first-order valence-electron chi connectivity index (χ1n) is 12.6. The highest BCUT2D eigenvalue weighted by Crippen LogP contribution is 2.54. The van der Waals surface area contributed by atoms with Crippen LogP contribution in [-0.2, 0) is 16.1 Å². The van der Waals surface area contributed by atoms with E-state index in [4.69, 9.17) is 9.73 Å². The van der Waals surface area contributed by atoms with Crippen LogP contribution in [0.4, 0.5) is 4.79 Å². The summed E-state index contributed by atoms with van der Waals surface area (Å²) in [7, 11) is 0. The van der Waals surface area contributed by atoms with Crippen LogP contribution in [0, 0.1) is 5.41 Å². The van der Waals surface area contributed by atoms with Crippen LogP contribution in [0.2, 0.25) is 0 Å². The zero-order chi connectivity index (χ0) is 22.8. The maximum absolute atomic E-state index is 13.1. The first-order chi connectivity index (χ1) is 16.1. The van der Waals surface area contributed by atoms with Gasteiger partial charge in [0.1, 0.15) is 6.61 Å². The van der Waals surface area contributed by atoms with E-state index in [0.717, 1.165) is 56.2 Å². The zero-order valence-corrected chi connectivity index (χ0v) is 19.6. The second-order valence-electron chi connectivity index (χ2n) is 10.1. The molecule has 0 radical (unpaired) electrons. The van der Waals surface area contributed by atoms with E-state index in [2.05, 4.69) is 6.92 Å². The Hall–Kier alpha value is -2.69. The summed E-state index contributed by atoms with van der Waals surface area (Å²) in [5.74, 6) is 0.187. The molecule has 2 aliphatic heterocycles. The molecular formula is C28H34N2O3.